The van der Waals surface area contributed by atoms with E-state index in [1.807, 2.05) is 13.8 Å². The van der Waals surface area contributed by atoms with E-state index in [4.69, 9.17) is 0 Å². The van der Waals surface area contributed by atoms with Crippen molar-refractivity contribution in [1.29, 1.82) is 0 Å². The number of imide groups is 1. The van der Waals surface area contributed by atoms with Gasteiger partial charge in [-0.25, -0.2) is 0 Å². The number of carbonyl (C=O) groups is 2. The lowest BCUT2D eigenvalue weighted by Crippen LogP contribution is -2.46. The van der Waals surface area contributed by atoms with Crippen LogP contribution < -0.4 is 5.32 Å². The molecule has 0 aliphatic carbocycles. The first-order valence-corrected chi connectivity index (χ1v) is 4.59. The van der Waals surface area contributed by atoms with Gasteiger partial charge in [-0.1, -0.05) is 6.92 Å². The van der Waals surface area contributed by atoms with Crippen LogP contribution >= 0.6 is 11.8 Å². The average molecular weight is 173 g/mol. The number of hydrogen-bond acceptors (Lipinski definition) is 3. The minimum atomic E-state index is -0.162. The molecule has 1 rings (SSSR count). The number of hydrogen-bond donors (Lipinski definition) is 1. The summed E-state index contributed by atoms with van der Waals surface area (Å²) in [5.74, 6) is -0.301. The molecule has 1 aliphatic heterocycles. The molecule has 1 aliphatic rings. The van der Waals surface area contributed by atoms with Crippen molar-refractivity contribution in [1.82, 2.24) is 5.32 Å². The van der Waals surface area contributed by atoms with Gasteiger partial charge >= 0.3 is 0 Å². The molecule has 0 aromatic carbocycles. The molecule has 0 aromatic rings. The first kappa shape index (κ1) is 8.59. The molecule has 62 valence electrons. The Morgan fingerprint density at radius 1 is 1.45 bits per heavy atom. The summed E-state index contributed by atoms with van der Waals surface area (Å²) in [6.45, 7) is 3.76. The van der Waals surface area contributed by atoms with E-state index in [2.05, 4.69) is 5.32 Å². The van der Waals surface area contributed by atoms with Crippen LogP contribution in [0, 0.1) is 0 Å². The lowest BCUT2D eigenvalue weighted by Gasteiger charge is -2.23. The van der Waals surface area contributed by atoms with Gasteiger partial charge in [0.1, 0.15) is 0 Å². The smallest absolute Gasteiger partial charge is 0.239 e. The summed E-state index contributed by atoms with van der Waals surface area (Å²) in [5.41, 5.74) is 0. The molecule has 4 heteroatoms. The van der Waals surface area contributed by atoms with Crippen LogP contribution in [0.3, 0.4) is 0 Å². The summed E-state index contributed by atoms with van der Waals surface area (Å²) in [4.78, 5) is 21.9. The second-order valence-electron chi connectivity index (χ2n) is 2.53. The highest BCUT2D eigenvalue weighted by Crippen LogP contribution is 2.24. The first-order valence-electron chi connectivity index (χ1n) is 3.65. The van der Waals surface area contributed by atoms with Crippen molar-refractivity contribution >= 4 is 23.6 Å². The maximum absolute atomic E-state index is 11.0. The molecular formula is C7H11NO2S. The van der Waals surface area contributed by atoms with Crippen LogP contribution in [0.4, 0.5) is 0 Å². The zero-order valence-electron chi connectivity index (χ0n) is 6.59. The van der Waals surface area contributed by atoms with Crippen molar-refractivity contribution < 1.29 is 9.59 Å². The fourth-order valence-corrected chi connectivity index (χ4v) is 2.01. The van der Waals surface area contributed by atoms with E-state index < -0.39 is 0 Å². The van der Waals surface area contributed by atoms with Crippen LogP contribution in [0.2, 0.25) is 0 Å². The van der Waals surface area contributed by atoms with E-state index >= 15 is 0 Å². The summed E-state index contributed by atoms with van der Waals surface area (Å²) in [7, 11) is 0. The molecule has 1 N–H and O–H groups in total. The molecule has 0 unspecified atom stereocenters. The normalized spacial score (nSPS) is 31.8. The Morgan fingerprint density at radius 3 is 2.64 bits per heavy atom. The molecule has 1 heterocycles. The van der Waals surface area contributed by atoms with Gasteiger partial charge in [0.2, 0.25) is 11.8 Å². The predicted octanol–water partition coefficient (Wildman–Crippen LogP) is 0.543. The summed E-state index contributed by atoms with van der Waals surface area (Å²) in [6, 6.07) is 0. The highest BCUT2D eigenvalue weighted by molar-refractivity contribution is 8.02. The van der Waals surface area contributed by atoms with Gasteiger partial charge in [0, 0.05) is 0 Å². The number of carbonyl (C=O) groups excluding carboxylic acids is 2. The molecule has 0 radical (unpaired) electrons. The zero-order valence-corrected chi connectivity index (χ0v) is 7.40. The molecule has 1 saturated heterocycles. The fraction of sp³-hybridized carbons (Fsp3) is 0.714. The van der Waals surface area contributed by atoms with Crippen molar-refractivity contribution in [2.24, 2.45) is 0 Å². The van der Waals surface area contributed by atoms with E-state index in [1.165, 1.54) is 11.8 Å². The highest BCUT2D eigenvalue weighted by atomic mass is 32.2. The standard InChI is InChI=1S/C7H11NO2S/c1-3-5-7(10)8-6(9)4(2)11-5/h4-5H,3H2,1-2H3,(H,8,9,10)/t4-,5+/m1/s1. The minimum absolute atomic E-state index is 0.0392. The van der Waals surface area contributed by atoms with E-state index in [9.17, 15) is 9.59 Å². The number of amides is 2. The van der Waals surface area contributed by atoms with Gasteiger partial charge < -0.3 is 0 Å². The highest BCUT2D eigenvalue weighted by Gasteiger charge is 2.30. The molecule has 0 bridgehead atoms. The number of thioether (sulfide) groups is 1. The summed E-state index contributed by atoms with van der Waals surface area (Å²) in [5, 5.41) is 2.21. The topological polar surface area (TPSA) is 46.2 Å². The maximum Gasteiger partial charge on any atom is 0.239 e. The van der Waals surface area contributed by atoms with Crippen LogP contribution in [0.1, 0.15) is 20.3 Å². The van der Waals surface area contributed by atoms with Gasteiger partial charge in [-0.3, -0.25) is 14.9 Å². The third-order valence-electron chi connectivity index (χ3n) is 1.65. The maximum atomic E-state index is 11.0. The quantitative estimate of drug-likeness (QED) is 0.589. The Hall–Kier alpha value is -0.510. The van der Waals surface area contributed by atoms with E-state index in [-0.39, 0.29) is 22.3 Å². The van der Waals surface area contributed by atoms with Crippen molar-refractivity contribution in [3.8, 4) is 0 Å². The molecule has 1 fully saturated rings. The molecule has 0 aromatic heterocycles. The van der Waals surface area contributed by atoms with Crippen molar-refractivity contribution in [3.05, 3.63) is 0 Å². The molecule has 11 heavy (non-hydrogen) atoms. The van der Waals surface area contributed by atoms with E-state index in [0.29, 0.717) is 0 Å². The fourth-order valence-electron chi connectivity index (χ4n) is 0.955. The molecule has 0 spiro atoms. The predicted molar refractivity (Wildman–Crippen MR) is 44.3 cm³/mol. The van der Waals surface area contributed by atoms with Crippen LogP contribution in [-0.2, 0) is 9.59 Å². The Balaban J connectivity index is 2.62. The summed E-state index contributed by atoms with van der Waals surface area (Å²) in [6.07, 6.45) is 0.786. The van der Waals surface area contributed by atoms with Crippen molar-refractivity contribution in [3.63, 3.8) is 0 Å². The molecule has 0 saturated carbocycles. The van der Waals surface area contributed by atoms with E-state index in [1.54, 1.807) is 0 Å². The van der Waals surface area contributed by atoms with Crippen LogP contribution in [0.15, 0.2) is 0 Å². The Kier molecular flexibility index (Phi) is 2.54. The van der Waals surface area contributed by atoms with Gasteiger partial charge in [0.05, 0.1) is 10.5 Å². The Labute approximate surface area is 69.9 Å². The lowest BCUT2D eigenvalue weighted by molar-refractivity contribution is -0.130. The molecule has 3 nitrogen and oxygen atoms in total. The average Bonchev–Trinajstić information content (AvgIpc) is 1.97. The van der Waals surface area contributed by atoms with Crippen LogP contribution in [-0.4, -0.2) is 22.3 Å². The Morgan fingerprint density at radius 2 is 2.09 bits per heavy atom. The van der Waals surface area contributed by atoms with Gasteiger partial charge in [-0.05, 0) is 13.3 Å². The third kappa shape index (κ3) is 1.74. The number of nitrogens with one attached hydrogen (secondary N) is 1. The van der Waals surface area contributed by atoms with Crippen LogP contribution in [0.25, 0.3) is 0 Å². The zero-order chi connectivity index (χ0) is 8.43. The lowest BCUT2D eigenvalue weighted by atomic mass is 10.3. The third-order valence-corrected chi connectivity index (χ3v) is 3.15. The number of rotatable bonds is 1. The minimum Gasteiger partial charge on any atom is -0.295 e. The van der Waals surface area contributed by atoms with Gasteiger partial charge in [0.25, 0.3) is 0 Å². The van der Waals surface area contributed by atoms with Crippen molar-refractivity contribution in [2.75, 3.05) is 0 Å². The second kappa shape index (κ2) is 3.26. The molecule has 2 amide bonds. The van der Waals surface area contributed by atoms with Gasteiger partial charge in [0.15, 0.2) is 0 Å². The van der Waals surface area contributed by atoms with E-state index in [0.717, 1.165) is 6.42 Å². The largest absolute Gasteiger partial charge is 0.295 e. The first-order chi connectivity index (χ1) is 5.15. The van der Waals surface area contributed by atoms with Gasteiger partial charge in [-0.2, -0.15) is 0 Å². The SMILES string of the molecule is CC[C@@H]1S[C@H](C)C(=O)NC1=O. The second-order valence-corrected chi connectivity index (χ2v) is 4.08. The summed E-state index contributed by atoms with van der Waals surface area (Å²) < 4.78 is 0. The molecular weight excluding hydrogens is 162 g/mol. The monoisotopic (exact) mass is 173 g/mol. The molecule has 2 atom stereocenters. The van der Waals surface area contributed by atoms with Crippen molar-refractivity contribution in [2.45, 2.75) is 30.8 Å². The summed E-state index contributed by atoms with van der Waals surface area (Å²) >= 11 is 1.44. The van der Waals surface area contributed by atoms with Gasteiger partial charge in [-0.15, -0.1) is 11.8 Å². The Bertz CT molecular complexity index is 193. The van der Waals surface area contributed by atoms with Crippen LogP contribution in [0.5, 0.6) is 0 Å².